The van der Waals surface area contributed by atoms with Crippen molar-refractivity contribution >= 4 is 79.6 Å². The normalized spacial score (nSPS) is 10.1. The topological polar surface area (TPSA) is 0 Å². The molecule has 2 rings (SSSR count). The number of hydrogen-bond donors (Lipinski definition) is 0. The zero-order valence-corrected chi connectivity index (χ0v) is 18.6. The van der Waals surface area contributed by atoms with Crippen molar-refractivity contribution in [3.05, 3.63) is 63.6 Å². The van der Waals surface area contributed by atoms with E-state index in [9.17, 15) is 8.78 Å². The molecule has 0 atom stereocenters. The smallest absolute Gasteiger partial charge is 0.138 e. The molecule has 0 fully saturated rings. The molecule has 0 amide bonds. The molecule has 0 radical (unpaired) electrons. The van der Waals surface area contributed by atoms with Crippen LogP contribution in [0.4, 0.5) is 8.78 Å². The van der Waals surface area contributed by atoms with Crippen LogP contribution in [0.15, 0.2) is 46.6 Å². The van der Waals surface area contributed by atoms with Crippen molar-refractivity contribution in [2.24, 2.45) is 0 Å². The van der Waals surface area contributed by atoms with Crippen molar-refractivity contribution in [3.8, 4) is 0 Å². The Morgan fingerprint density at radius 2 is 1.33 bits per heavy atom. The monoisotopic (exact) mass is 610 g/mol. The summed E-state index contributed by atoms with van der Waals surface area (Å²) in [6, 6.07) is 6.74. The van der Waals surface area contributed by atoms with Crippen LogP contribution >= 0.6 is 79.6 Å². The van der Waals surface area contributed by atoms with E-state index in [1.807, 2.05) is 13.0 Å². The van der Waals surface area contributed by atoms with Crippen molar-refractivity contribution in [2.75, 3.05) is 0 Å². The summed E-state index contributed by atoms with van der Waals surface area (Å²) in [5.74, 6) is -0.238. The highest BCUT2D eigenvalue weighted by Gasteiger charge is 2.03. The summed E-state index contributed by atoms with van der Waals surface area (Å²) in [5.41, 5.74) is 1.67. The van der Waals surface area contributed by atoms with E-state index in [1.165, 1.54) is 6.07 Å². The number of hydrogen-bond acceptors (Lipinski definition) is 0. The first-order valence-corrected chi connectivity index (χ1v) is 9.53. The predicted octanol–water partition coefficient (Wildman–Crippen LogP) is 8.10. The van der Waals surface area contributed by atoms with E-state index >= 15 is 0 Å². The lowest BCUT2D eigenvalue weighted by Gasteiger charge is -2.01. The second kappa shape index (κ2) is 9.11. The molecular weight excluding hydrogens is 606 g/mol. The lowest BCUT2D eigenvalue weighted by atomic mass is 10.2. The van der Waals surface area contributed by atoms with Crippen molar-refractivity contribution in [1.29, 1.82) is 0 Å². The van der Waals surface area contributed by atoms with Crippen LogP contribution in [0.3, 0.4) is 0 Å². The van der Waals surface area contributed by atoms with E-state index in [4.69, 9.17) is 0 Å². The van der Waals surface area contributed by atoms with Crippen LogP contribution in [0, 0.1) is 12.7 Å². The Labute approximate surface area is 164 Å². The second-order valence-electron chi connectivity index (χ2n) is 4.01. The standard InChI is InChI=1S/C7H4Br3F.C7H5Br2F/c8-5-2-7(10)6(9)1-4(5)3-11;1-4-2-6(9)7(10)3-5(4)8/h1-2H,3H2;2-3H,1H3. The van der Waals surface area contributed by atoms with Gasteiger partial charge >= 0.3 is 0 Å². The van der Waals surface area contributed by atoms with Crippen LogP contribution in [0.25, 0.3) is 0 Å². The molecule has 0 N–H and O–H groups in total. The minimum Gasteiger partial charge on any atom is -0.246 e. The van der Waals surface area contributed by atoms with Gasteiger partial charge in [0, 0.05) is 17.9 Å². The highest BCUT2D eigenvalue weighted by molar-refractivity contribution is 9.13. The number of halogens is 7. The second-order valence-corrected chi connectivity index (χ2v) is 8.28. The maximum Gasteiger partial charge on any atom is 0.138 e. The van der Waals surface area contributed by atoms with Crippen LogP contribution in [-0.4, -0.2) is 0 Å². The molecule has 0 saturated carbocycles. The van der Waals surface area contributed by atoms with Gasteiger partial charge in [-0.3, -0.25) is 0 Å². The van der Waals surface area contributed by atoms with Crippen molar-refractivity contribution < 1.29 is 8.78 Å². The molecule has 0 aliphatic rings. The first-order valence-electron chi connectivity index (χ1n) is 5.56. The van der Waals surface area contributed by atoms with Gasteiger partial charge in [0.05, 0.1) is 4.47 Å². The van der Waals surface area contributed by atoms with Crippen LogP contribution in [0.2, 0.25) is 0 Å². The van der Waals surface area contributed by atoms with E-state index in [1.54, 1.807) is 12.1 Å². The van der Waals surface area contributed by atoms with Gasteiger partial charge in [0.2, 0.25) is 0 Å². The van der Waals surface area contributed by atoms with E-state index in [0.29, 0.717) is 10.0 Å². The summed E-state index contributed by atoms with van der Waals surface area (Å²) in [6.07, 6.45) is 0. The Morgan fingerprint density at radius 3 is 1.86 bits per heavy atom. The molecule has 0 saturated heterocycles. The Bertz CT molecular complexity index is 593. The maximum absolute atomic E-state index is 12.7. The van der Waals surface area contributed by atoms with Gasteiger partial charge in [-0.05, 0) is 90.1 Å². The molecule has 2 aromatic rings. The SMILES string of the molecule is Cc1cc(Br)c(F)cc1Br.FCc1cc(Br)c(Br)cc1Br. The Balaban J connectivity index is 0.000000211. The van der Waals surface area contributed by atoms with Crippen LogP contribution < -0.4 is 0 Å². The largest absolute Gasteiger partial charge is 0.246 e. The molecular formula is C14H9Br5F2. The molecule has 0 aliphatic carbocycles. The fourth-order valence-electron chi connectivity index (χ4n) is 1.29. The molecule has 21 heavy (non-hydrogen) atoms. The van der Waals surface area contributed by atoms with Gasteiger partial charge in [0.1, 0.15) is 12.5 Å². The average Bonchev–Trinajstić information content (AvgIpc) is 2.41. The number of rotatable bonds is 1. The zero-order chi connectivity index (χ0) is 16.2. The fraction of sp³-hybridized carbons (Fsp3) is 0.143. The molecule has 0 nitrogen and oxygen atoms in total. The third-order valence-electron chi connectivity index (χ3n) is 2.43. The van der Waals surface area contributed by atoms with Crippen LogP contribution in [0.5, 0.6) is 0 Å². The Morgan fingerprint density at radius 1 is 0.762 bits per heavy atom. The van der Waals surface area contributed by atoms with E-state index in [0.717, 1.165) is 23.5 Å². The van der Waals surface area contributed by atoms with Gasteiger partial charge in [-0.1, -0.05) is 31.9 Å². The maximum atomic E-state index is 12.7. The summed E-state index contributed by atoms with van der Waals surface area (Å²) < 4.78 is 28.8. The first kappa shape index (κ1) is 19.7. The third kappa shape index (κ3) is 6.01. The highest BCUT2D eigenvalue weighted by atomic mass is 79.9. The first-order chi connectivity index (χ1) is 9.76. The van der Waals surface area contributed by atoms with E-state index in [2.05, 4.69) is 79.6 Å². The van der Waals surface area contributed by atoms with Crippen molar-refractivity contribution in [3.63, 3.8) is 0 Å². The summed E-state index contributed by atoms with van der Waals surface area (Å²) in [4.78, 5) is 0. The molecule has 0 bridgehead atoms. The zero-order valence-electron chi connectivity index (χ0n) is 10.7. The molecule has 7 heteroatoms. The molecule has 2 aromatic carbocycles. The number of alkyl halides is 1. The number of aryl methyl sites for hydroxylation is 1. The molecule has 0 spiro atoms. The van der Waals surface area contributed by atoms with Gasteiger partial charge in [0.25, 0.3) is 0 Å². The van der Waals surface area contributed by atoms with Gasteiger partial charge < -0.3 is 0 Å². The van der Waals surface area contributed by atoms with Crippen LogP contribution in [-0.2, 0) is 6.67 Å². The van der Waals surface area contributed by atoms with Gasteiger partial charge in [-0.2, -0.15) is 0 Å². The van der Waals surface area contributed by atoms with E-state index < -0.39 is 6.67 Å². The summed E-state index contributed by atoms with van der Waals surface area (Å²) in [5, 5.41) is 0. The predicted molar refractivity (Wildman–Crippen MR) is 101 cm³/mol. The lowest BCUT2D eigenvalue weighted by molar-refractivity contribution is 0.483. The fourth-order valence-corrected chi connectivity index (χ4v) is 3.55. The lowest BCUT2D eigenvalue weighted by Crippen LogP contribution is -1.82. The molecule has 0 unspecified atom stereocenters. The average molecular weight is 615 g/mol. The molecule has 0 aliphatic heterocycles. The van der Waals surface area contributed by atoms with Crippen LogP contribution in [0.1, 0.15) is 11.1 Å². The Kier molecular flexibility index (Phi) is 8.56. The summed E-state index contributed by atoms with van der Waals surface area (Å²) in [6.45, 7) is 1.46. The minimum absolute atomic E-state index is 0.238. The molecule has 114 valence electrons. The van der Waals surface area contributed by atoms with Gasteiger partial charge in [-0.25, -0.2) is 8.78 Å². The minimum atomic E-state index is -0.452. The molecule has 0 heterocycles. The number of benzene rings is 2. The van der Waals surface area contributed by atoms with Crippen molar-refractivity contribution in [1.82, 2.24) is 0 Å². The summed E-state index contributed by atoms with van der Waals surface area (Å²) >= 11 is 16.2. The van der Waals surface area contributed by atoms with Crippen molar-refractivity contribution in [2.45, 2.75) is 13.6 Å². The van der Waals surface area contributed by atoms with Gasteiger partial charge in [-0.15, -0.1) is 0 Å². The Hall–Kier alpha value is 0.700. The molecule has 0 aromatic heterocycles. The highest BCUT2D eigenvalue weighted by Crippen LogP contribution is 2.30. The third-order valence-corrected chi connectivity index (χ3v) is 6.48. The van der Waals surface area contributed by atoms with E-state index in [-0.39, 0.29) is 5.82 Å². The quantitative estimate of drug-likeness (QED) is 0.285. The van der Waals surface area contributed by atoms with Gasteiger partial charge in [0.15, 0.2) is 0 Å². The summed E-state index contributed by atoms with van der Waals surface area (Å²) in [7, 11) is 0.